The van der Waals surface area contributed by atoms with E-state index in [2.05, 4.69) is 26.2 Å². The van der Waals surface area contributed by atoms with Crippen LogP contribution >= 0.6 is 15.9 Å². The van der Waals surface area contributed by atoms with Crippen molar-refractivity contribution in [3.63, 3.8) is 0 Å². The molecule has 1 aliphatic rings. The van der Waals surface area contributed by atoms with Gasteiger partial charge in [-0.1, -0.05) is 46.3 Å². The molecule has 1 heterocycles. The van der Waals surface area contributed by atoms with Crippen LogP contribution < -0.4 is 5.32 Å². The highest BCUT2D eigenvalue weighted by atomic mass is 79.9. The van der Waals surface area contributed by atoms with E-state index in [9.17, 15) is 9.18 Å². The third kappa shape index (κ3) is 2.78. The van der Waals surface area contributed by atoms with E-state index in [4.69, 9.17) is 0 Å². The zero-order chi connectivity index (χ0) is 14.8. The van der Waals surface area contributed by atoms with E-state index >= 15 is 0 Å². The Morgan fingerprint density at radius 2 is 1.81 bits per heavy atom. The summed E-state index contributed by atoms with van der Waals surface area (Å²) in [5.74, 6) is -0.529. The van der Waals surface area contributed by atoms with Gasteiger partial charge in [-0.25, -0.2) is 9.38 Å². The fourth-order valence-corrected chi connectivity index (χ4v) is 2.39. The van der Waals surface area contributed by atoms with E-state index < -0.39 is 5.82 Å². The summed E-state index contributed by atoms with van der Waals surface area (Å²) < 4.78 is 14.6. The topological polar surface area (TPSA) is 41.5 Å². The molecule has 0 aliphatic carbocycles. The third-order valence-electron chi connectivity index (χ3n) is 3.02. The van der Waals surface area contributed by atoms with Crippen LogP contribution in [0.1, 0.15) is 11.1 Å². The number of nitrogens with zero attached hydrogens (tertiary/aromatic N) is 1. The molecule has 2 aromatic carbocycles. The van der Waals surface area contributed by atoms with Crippen molar-refractivity contribution in [1.29, 1.82) is 0 Å². The van der Waals surface area contributed by atoms with Gasteiger partial charge in [-0.2, -0.15) is 0 Å². The number of hydrogen-bond donors (Lipinski definition) is 1. The standard InChI is InChI=1S/C16H10BrFN2O/c17-12-7-3-1-5-10(12)9-14-16(21)20-15(19-14)11-6-2-4-8-13(11)18/h1-9H,(H,19,20,21)/b14-9-. The van der Waals surface area contributed by atoms with Gasteiger partial charge in [-0.05, 0) is 29.8 Å². The van der Waals surface area contributed by atoms with Crippen LogP contribution in [0.4, 0.5) is 4.39 Å². The highest BCUT2D eigenvalue weighted by Crippen LogP contribution is 2.21. The van der Waals surface area contributed by atoms with Crippen LogP contribution in [-0.2, 0) is 4.79 Å². The molecule has 0 bridgehead atoms. The summed E-state index contributed by atoms with van der Waals surface area (Å²) in [5, 5.41) is 2.59. The van der Waals surface area contributed by atoms with Crippen LogP contribution in [0, 0.1) is 5.82 Å². The molecular weight excluding hydrogens is 335 g/mol. The lowest BCUT2D eigenvalue weighted by Crippen LogP contribution is -2.25. The van der Waals surface area contributed by atoms with Crippen LogP contribution in [0.15, 0.2) is 63.7 Å². The Morgan fingerprint density at radius 3 is 2.57 bits per heavy atom. The SMILES string of the molecule is O=C1NC(c2ccccc2F)=N/C1=C\c1ccccc1Br. The Hall–Kier alpha value is -2.27. The Bertz CT molecular complexity index is 783. The Labute approximate surface area is 129 Å². The number of hydrogen-bond acceptors (Lipinski definition) is 2. The van der Waals surface area contributed by atoms with Crippen molar-refractivity contribution in [2.45, 2.75) is 0 Å². The number of nitrogens with one attached hydrogen (secondary N) is 1. The highest BCUT2D eigenvalue weighted by molar-refractivity contribution is 9.10. The molecule has 3 nitrogen and oxygen atoms in total. The van der Waals surface area contributed by atoms with Crippen molar-refractivity contribution >= 4 is 33.7 Å². The number of amidine groups is 1. The number of amides is 1. The summed E-state index contributed by atoms with van der Waals surface area (Å²) in [6.45, 7) is 0. The van der Waals surface area contributed by atoms with Crippen LogP contribution in [0.5, 0.6) is 0 Å². The van der Waals surface area contributed by atoms with E-state index in [0.29, 0.717) is 0 Å². The number of carbonyl (C=O) groups is 1. The van der Waals surface area contributed by atoms with Gasteiger partial charge in [0.15, 0.2) is 0 Å². The fraction of sp³-hybridized carbons (Fsp3) is 0. The lowest BCUT2D eigenvalue weighted by atomic mass is 10.2. The van der Waals surface area contributed by atoms with Crippen LogP contribution in [0.2, 0.25) is 0 Å². The molecule has 0 spiro atoms. The molecule has 1 N–H and O–H groups in total. The number of halogens is 2. The van der Waals surface area contributed by atoms with Gasteiger partial charge in [0, 0.05) is 4.47 Å². The van der Waals surface area contributed by atoms with Crippen molar-refractivity contribution in [3.8, 4) is 0 Å². The largest absolute Gasteiger partial charge is 0.305 e. The van der Waals surface area contributed by atoms with Crippen molar-refractivity contribution in [1.82, 2.24) is 5.32 Å². The molecule has 0 atom stereocenters. The summed E-state index contributed by atoms with van der Waals surface area (Å²) >= 11 is 3.41. The van der Waals surface area contributed by atoms with E-state index in [1.807, 2.05) is 24.3 Å². The maximum absolute atomic E-state index is 13.7. The molecule has 1 aliphatic heterocycles. The summed E-state index contributed by atoms with van der Waals surface area (Å²) in [6.07, 6.45) is 1.66. The predicted octanol–water partition coefficient (Wildman–Crippen LogP) is 3.51. The van der Waals surface area contributed by atoms with Gasteiger partial charge in [-0.15, -0.1) is 0 Å². The van der Waals surface area contributed by atoms with Gasteiger partial charge in [0.05, 0.1) is 5.56 Å². The molecule has 1 amide bonds. The van der Waals surface area contributed by atoms with Gasteiger partial charge in [-0.3, -0.25) is 4.79 Å². The second-order valence-corrected chi connectivity index (χ2v) is 5.30. The number of carbonyl (C=O) groups excluding carboxylic acids is 1. The lowest BCUT2D eigenvalue weighted by molar-refractivity contribution is -0.115. The van der Waals surface area contributed by atoms with Crippen LogP contribution in [0.3, 0.4) is 0 Å². The monoisotopic (exact) mass is 344 g/mol. The lowest BCUT2D eigenvalue weighted by Gasteiger charge is -2.00. The Kier molecular flexibility index (Phi) is 3.66. The molecule has 2 aromatic rings. The third-order valence-corrected chi connectivity index (χ3v) is 3.75. The molecule has 3 rings (SSSR count). The minimum atomic E-state index is -0.418. The summed E-state index contributed by atoms with van der Waals surface area (Å²) in [4.78, 5) is 16.1. The highest BCUT2D eigenvalue weighted by Gasteiger charge is 2.23. The summed E-state index contributed by atoms with van der Waals surface area (Å²) in [5.41, 5.74) is 1.36. The van der Waals surface area contributed by atoms with E-state index in [0.717, 1.165) is 10.0 Å². The van der Waals surface area contributed by atoms with Crippen molar-refractivity contribution in [2.75, 3.05) is 0 Å². The van der Waals surface area contributed by atoms with Gasteiger partial charge < -0.3 is 5.32 Å². The van der Waals surface area contributed by atoms with E-state index in [-0.39, 0.29) is 23.0 Å². The minimum absolute atomic E-state index is 0.233. The maximum atomic E-state index is 13.7. The van der Waals surface area contributed by atoms with Gasteiger partial charge >= 0.3 is 0 Å². The zero-order valence-electron chi connectivity index (χ0n) is 10.8. The molecule has 5 heteroatoms. The number of rotatable bonds is 2. The smallest absolute Gasteiger partial charge is 0.275 e. The predicted molar refractivity (Wildman–Crippen MR) is 83.2 cm³/mol. The van der Waals surface area contributed by atoms with Crippen molar-refractivity contribution in [2.24, 2.45) is 4.99 Å². The maximum Gasteiger partial charge on any atom is 0.275 e. The first-order valence-corrected chi connectivity index (χ1v) is 7.05. The normalized spacial score (nSPS) is 16.0. The second-order valence-electron chi connectivity index (χ2n) is 4.45. The van der Waals surface area contributed by atoms with E-state index in [1.165, 1.54) is 6.07 Å². The van der Waals surface area contributed by atoms with Crippen molar-refractivity contribution in [3.05, 3.63) is 75.6 Å². The Balaban J connectivity index is 2.00. The van der Waals surface area contributed by atoms with Gasteiger partial charge in [0.2, 0.25) is 0 Å². The second kappa shape index (κ2) is 5.61. The van der Waals surface area contributed by atoms with Gasteiger partial charge in [0.25, 0.3) is 5.91 Å². The first kappa shape index (κ1) is 13.7. The molecule has 21 heavy (non-hydrogen) atoms. The zero-order valence-corrected chi connectivity index (χ0v) is 12.4. The molecule has 0 saturated carbocycles. The van der Waals surface area contributed by atoms with Crippen LogP contribution in [0.25, 0.3) is 6.08 Å². The molecule has 0 aromatic heterocycles. The molecular formula is C16H10BrFN2O. The first-order valence-electron chi connectivity index (χ1n) is 6.26. The van der Waals surface area contributed by atoms with Crippen LogP contribution in [-0.4, -0.2) is 11.7 Å². The fourth-order valence-electron chi connectivity index (χ4n) is 1.99. The first-order chi connectivity index (χ1) is 10.1. The summed E-state index contributed by atoms with van der Waals surface area (Å²) in [7, 11) is 0. The quantitative estimate of drug-likeness (QED) is 0.832. The number of aliphatic imine (C=N–C) groups is 1. The molecule has 0 fully saturated rings. The van der Waals surface area contributed by atoms with E-state index in [1.54, 1.807) is 24.3 Å². The Morgan fingerprint density at radius 1 is 1.10 bits per heavy atom. The minimum Gasteiger partial charge on any atom is -0.305 e. The average molecular weight is 345 g/mol. The molecule has 0 radical (unpaired) electrons. The molecule has 0 saturated heterocycles. The number of benzene rings is 2. The van der Waals surface area contributed by atoms with Crippen molar-refractivity contribution < 1.29 is 9.18 Å². The molecule has 0 unspecified atom stereocenters. The molecule has 104 valence electrons. The van der Waals surface area contributed by atoms with Gasteiger partial charge in [0.1, 0.15) is 17.3 Å². The summed E-state index contributed by atoms with van der Waals surface area (Å²) in [6, 6.07) is 13.7. The average Bonchev–Trinajstić information content (AvgIpc) is 2.83.